The number of aryl methyl sites for hydroxylation is 1. The molecule has 0 amide bonds. The molecule has 1 nitrogen and oxygen atoms in total. The fourth-order valence-electron chi connectivity index (χ4n) is 0.942. The third-order valence-electron chi connectivity index (χ3n) is 1.56. The molecular formula is C8H12BrNS. The second kappa shape index (κ2) is 4.91. The summed E-state index contributed by atoms with van der Waals surface area (Å²) in [6.45, 7) is 1.10. The summed E-state index contributed by atoms with van der Waals surface area (Å²) in [5.74, 6) is 0. The molecule has 0 spiro atoms. The average Bonchev–Trinajstić information content (AvgIpc) is 2.37. The molecule has 0 radical (unpaired) electrons. The maximum absolute atomic E-state index is 3.51. The fraction of sp³-hybridized carbons (Fsp3) is 0.500. The standard InChI is InChI=1S/C8H12BrNS/c1-10-4-2-3-7-5-11-6-8(7)9/h5-6,10H,2-4H2,1H3. The largest absolute Gasteiger partial charge is 0.320 e. The maximum atomic E-state index is 3.51. The van der Waals surface area contributed by atoms with Crippen molar-refractivity contribution in [2.24, 2.45) is 0 Å². The molecule has 0 atom stereocenters. The van der Waals surface area contributed by atoms with E-state index in [1.54, 1.807) is 11.3 Å². The van der Waals surface area contributed by atoms with Crippen LogP contribution >= 0.6 is 27.3 Å². The molecule has 1 heterocycles. The van der Waals surface area contributed by atoms with E-state index in [-0.39, 0.29) is 0 Å². The SMILES string of the molecule is CNCCCc1cscc1Br. The summed E-state index contributed by atoms with van der Waals surface area (Å²) in [6, 6.07) is 0. The van der Waals surface area contributed by atoms with Gasteiger partial charge in [0.1, 0.15) is 0 Å². The predicted octanol–water partition coefficient (Wildman–Crippen LogP) is 2.66. The lowest BCUT2D eigenvalue weighted by molar-refractivity contribution is 0.725. The molecule has 0 aliphatic rings. The van der Waals surface area contributed by atoms with Crippen molar-refractivity contribution in [1.29, 1.82) is 0 Å². The quantitative estimate of drug-likeness (QED) is 0.790. The molecule has 1 rings (SSSR count). The van der Waals surface area contributed by atoms with Crippen LogP contribution in [0.5, 0.6) is 0 Å². The van der Waals surface area contributed by atoms with Gasteiger partial charge in [-0.2, -0.15) is 11.3 Å². The van der Waals surface area contributed by atoms with E-state index >= 15 is 0 Å². The van der Waals surface area contributed by atoms with Gasteiger partial charge in [-0.05, 0) is 53.3 Å². The topological polar surface area (TPSA) is 12.0 Å². The van der Waals surface area contributed by atoms with Gasteiger partial charge >= 0.3 is 0 Å². The Morgan fingerprint density at radius 1 is 1.55 bits per heavy atom. The number of halogens is 1. The Bertz CT molecular complexity index is 210. The van der Waals surface area contributed by atoms with Gasteiger partial charge in [0.05, 0.1) is 0 Å². The zero-order valence-electron chi connectivity index (χ0n) is 6.56. The van der Waals surface area contributed by atoms with Gasteiger partial charge in [0, 0.05) is 9.85 Å². The van der Waals surface area contributed by atoms with E-state index in [1.165, 1.54) is 22.9 Å². The highest BCUT2D eigenvalue weighted by atomic mass is 79.9. The Kier molecular flexibility index (Phi) is 4.12. The molecule has 0 saturated heterocycles. The zero-order valence-corrected chi connectivity index (χ0v) is 8.96. The van der Waals surface area contributed by atoms with Gasteiger partial charge in [-0.3, -0.25) is 0 Å². The summed E-state index contributed by atoms with van der Waals surface area (Å²) in [4.78, 5) is 0. The minimum atomic E-state index is 1.10. The van der Waals surface area contributed by atoms with Gasteiger partial charge in [0.15, 0.2) is 0 Å². The van der Waals surface area contributed by atoms with E-state index in [4.69, 9.17) is 0 Å². The maximum Gasteiger partial charge on any atom is 0.0314 e. The molecular weight excluding hydrogens is 222 g/mol. The van der Waals surface area contributed by atoms with E-state index in [0.29, 0.717) is 0 Å². The van der Waals surface area contributed by atoms with Gasteiger partial charge in [-0.15, -0.1) is 0 Å². The van der Waals surface area contributed by atoms with Crippen molar-refractivity contribution in [3.05, 3.63) is 20.8 Å². The van der Waals surface area contributed by atoms with Gasteiger partial charge in [-0.25, -0.2) is 0 Å². The molecule has 62 valence electrons. The number of nitrogens with one attached hydrogen (secondary N) is 1. The molecule has 11 heavy (non-hydrogen) atoms. The van der Waals surface area contributed by atoms with Crippen molar-refractivity contribution < 1.29 is 0 Å². The van der Waals surface area contributed by atoms with Crippen LogP contribution in [0, 0.1) is 0 Å². The molecule has 0 aliphatic carbocycles. The lowest BCUT2D eigenvalue weighted by Gasteiger charge is -1.97. The van der Waals surface area contributed by atoms with Crippen molar-refractivity contribution in [1.82, 2.24) is 5.32 Å². The summed E-state index contributed by atoms with van der Waals surface area (Å²) >= 11 is 5.27. The van der Waals surface area contributed by atoms with Gasteiger partial charge in [-0.1, -0.05) is 0 Å². The van der Waals surface area contributed by atoms with E-state index in [1.807, 2.05) is 7.05 Å². The first-order valence-electron chi connectivity index (χ1n) is 3.69. The molecule has 0 aromatic carbocycles. The van der Waals surface area contributed by atoms with E-state index in [0.717, 1.165) is 6.54 Å². The number of hydrogen-bond acceptors (Lipinski definition) is 2. The van der Waals surface area contributed by atoms with Crippen molar-refractivity contribution >= 4 is 27.3 Å². The normalized spacial score (nSPS) is 10.4. The molecule has 0 fully saturated rings. The fourth-order valence-corrected chi connectivity index (χ4v) is 2.48. The third kappa shape index (κ3) is 2.93. The second-order valence-electron chi connectivity index (χ2n) is 2.45. The highest BCUT2D eigenvalue weighted by Crippen LogP contribution is 2.22. The van der Waals surface area contributed by atoms with Gasteiger partial charge in [0.2, 0.25) is 0 Å². The van der Waals surface area contributed by atoms with E-state index in [2.05, 4.69) is 32.0 Å². The molecule has 1 aromatic rings. The Balaban J connectivity index is 2.32. The molecule has 0 saturated carbocycles. The van der Waals surface area contributed by atoms with Crippen molar-refractivity contribution in [3.8, 4) is 0 Å². The van der Waals surface area contributed by atoms with Crippen LogP contribution in [0.15, 0.2) is 15.2 Å². The van der Waals surface area contributed by atoms with E-state index in [9.17, 15) is 0 Å². The number of hydrogen-bond donors (Lipinski definition) is 1. The third-order valence-corrected chi connectivity index (χ3v) is 3.40. The van der Waals surface area contributed by atoms with Crippen LogP contribution in [0.2, 0.25) is 0 Å². The average molecular weight is 234 g/mol. The number of rotatable bonds is 4. The first-order chi connectivity index (χ1) is 5.34. The minimum Gasteiger partial charge on any atom is -0.320 e. The first kappa shape index (κ1) is 9.23. The smallest absolute Gasteiger partial charge is 0.0314 e. The van der Waals surface area contributed by atoms with Crippen LogP contribution < -0.4 is 5.32 Å². The molecule has 0 bridgehead atoms. The van der Waals surface area contributed by atoms with E-state index < -0.39 is 0 Å². The molecule has 1 N–H and O–H groups in total. The molecule has 3 heteroatoms. The van der Waals surface area contributed by atoms with Crippen LogP contribution in [0.25, 0.3) is 0 Å². The predicted molar refractivity (Wildman–Crippen MR) is 54.3 cm³/mol. The molecule has 0 aliphatic heterocycles. The summed E-state index contributed by atoms with van der Waals surface area (Å²) in [5.41, 5.74) is 1.44. The summed E-state index contributed by atoms with van der Waals surface area (Å²) in [6.07, 6.45) is 2.39. The van der Waals surface area contributed by atoms with Crippen LogP contribution in [0.1, 0.15) is 12.0 Å². The first-order valence-corrected chi connectivity index (χ1v) is 5.43. The van der Waals surface area contributed by atoms with Crippen molar-refractivity contribution in [2.75, 3.05) is 13.6 Å². The monoisotopic (exact) mass is 233 g/mol. The van der Waals surface area contributed by atoms with Crippen LogP contribution in [0.3, 0.4) is 0 Å². The zero-order chi connectivity index (χ0) is 8.10. The minimum absolute atomic E-state index is 1.10. The Labute approximate surface area is 79.9 Å². The highest BCUT2D eigenvalue weighted by Gasteiger charge is 1.98. The van der Waals surface area contributed by atoms with Gasteiger partial charge in [0.25, 0.3) is 0 Å². The summed E-state index contributed by atoms with van der Waals surface area (Å²) < 4.78 is 1.26. The van der Waals surface area contributed by atoms with Crippen molar-refractivity contribution in [2.45, 2.75) is 12.8 Å². The Hall–Kier alpha value is 0.140. The Morgan fingerprint density at radius 2 is 2.36 bits per heavy atom. The second-order valence-corrected chi connectivity index (χ2v) is 4.05. The van der Waals surface area contributed by atoms with Crippen molar-refractivity contribution in [3.63, 3.8) is 0 Å². The molecule has 0 unspecified atom stereocenters. The highest BCUT2D eigenvalue weighted by molar-refractivity contribution is 9.10. The van der Waals surface area contributed by atoms with Gasteiger partial charge < -0.3 is 5.32 Å². The summed E-state index contributed by atoms with van der Waals surface area (Å²) in [7, 11) is 1.99. The van der Waals surface area contributed by atoms with Crippen LogP contribution in [-0.4, -0.2) is 13.6 Å². The van der Waals surface area contributed by atoms with Crippen LogP contribution in [-0.2, 0) is 6.42 Å². The summed E-state index contributed by atoms with van der Waals surface area (Å²) in [5, 5.41) is 7.48. The van der Waals surface area contributed by atoms with Crippen LogP contribution in [0.4, 0.5) is 0 Å². The number of thiophene rings is 1. The lowest BCUT2D eigenvalue weighted by Crippen LogP contribution is -2.08. The lowest BCUT2D eigenvalue weighted by atomic mass is 10.2. The Morgan fingerprint density at radius 3 is 2.91 bits per heavy atom. The molecule has 1 aromatic heterocycles.